The monoisotopic (exact) mass is 590 g/mol. The molecule has 5 rings (SSSR count). The number of nitriles is 1. The Bertz CT molecular complexity index is 1680. The Morgan fingerprint density at radius 2 is 2.09 bits per heavy atom. The van der Waals surface area contributed by atoms with Crippen molar-refractivity contribution in [2.45, 2.75) is 31.9 Å². The van der Waals surface area contributed by atoms with E-state index in [0.29, 0.717) is 61.0 Å². The Balaban J connectivity index is 1.22. The molecular formula is C30H32F2N8O3. The minimum Gasteiger partial charge on any atom is -0.476 e. The van der Waals surface area contributed by atoms with Crippen LogP contribution in [0, 0.1) is 29.9 Å². The Labute approximate surface area is 246 Å². The summed E-state index contributed by atoms with van der Waals surface area (Å²) in [6, 6.07) is 9.84. The molecule has 0 bridgehead atoms. The van der Waals surface area contributed by atoms with Gasteiger partial charge in [-0.1, -0.05) is 0 Å². The van der Waals surface area contributed by atoms with Crippen molar-refractivity contribution in [1.29, 1.82) is 5.26 Å². The molecule has 1 amide bonds. The highest BCUT2D eigenvalue weighted by atomic mass is 19.2. The maximum atomic E-state index is 14.9. The summed E-state index contributed by atoms with van der Waals surface area (Å²) in [7, 11) is 0. The van der Waals surface area contributed by atoms with Crippen LogP contribution in [0.5, 0.6) is 5.75 Å². The maximum Gasteiger partial charge on any atom is 0.251 e. The van der Waals surface area contributed by atoms with E-state index in [1.165, 1.54) is 24.5 Å². The number of nitrogens with zero attached hydrogens (tertiary/aromatic N) is 4. The highest BCUT2D eigenvalue weighted by Gasteiger charge is 2.32. The Kier molecular flexibility index (Phi) is 8.81. The highest BCUT2D eigenvalue weighted by molar-refractivity contribution is 5.96. The molecule has 0 saturated carbocycles. The van der Waals surface area contributed by atoms with Crippen LogP contribution in [0.4, 0.5) is 20.3 Å². The van der Waals surface area contributed by atoms with Crippen LogP contribution in [0.25, 0.3) is 16.9 Å². The van der Waals surface area contributed by atoms with E-state index in [0.717, 1.165) is 5.56 Å². The number of aliphatic hydroxyl groups is 1. The molecule has 2 atom stereocenters. The lowest BCUT2D eigenvalue weighted by atomic mass is 10.0. The van der Waals surface area contributed by atoms with Crippen LogP contribution in [0.2, 0.25) is 0 Å². The first-order chi connectivity index (χ1) is 20.7. The summed E-state index contributed by atoms with van der Waals surface area (Å²) in [6.45, 7) is 5.58. The van der Waals surface area contributed by atoms with Gasteiger partial charge in [-0.3, -0.25) is 9.20 Å². The summed E-state index contributed by atoms with van der Waals surface area (Å²) in [4.78, 5) is 21.5. The molecule has 13 heteroatoms. The van der Waals surface area contributed by atoms with Crippen molar-refractivity contribution in [3.8, 4) is 23.1 Å². The van der Waals surface area contributed by atoms with Crippen molar-refractivity contribution in [3.05, 3.63) is 71.7 Å². The lowest BCUT2D eigenvalue weighted by molar-refractivity contribution is 0.0792. The average molecular weight is 591 g/mol. The first-order valence-electron chi connectivity index (χ1n) is 13.8. The van der Waals surface area contributed by atoms with Gasteiger partial charge in [0.15, 0.2) is 29.6 Å². The van der Waals surface area contributed by atoms with Gasteiger partial charge in [-0.25, -0.2) is 14.4 Å². The van der Waals surface area contributed by atoms with Crippen LogP contribution in [0.15, 0.2) is 48.9 Å². The number of hydrogen-bond donors (Lipinski definition) is 5. The van der Waals surface area contributed by atoms with E-state index in [4.69, 9.17) is 10.00 Å². The highest BCUT2D eigenvalue weighted by Crippen LogP contribution is 2.32. The van der Waals surface area contributed by atoms with Gasteiger partial charge in [-0.05, 0) is 56.2 Å². The van der Waals surface area contributed by atoms with Gasteiger partial charge >= 0.3 is 0 Å². The number of rotatable bonds is 11. The molecule has 2 aromatic heterocycles. The van der Waals surface area contributed by atoms with Gasteiger partial charge in [0.1, 0.15) is 6.07 Å². The summed E-state index contributed by atoms with van der Waals surface area (Å²) in [5.41, 5.74) is 1.92. The number of anilines is 2. The number of nitrogens with one attached hydrogen (secondary N) is 4. The minimum atomic E-state index is -1.19. The number of hydrogen-bond acceptors (Lipinski definition) is 9. The third kappa shape index (κ3) is 6.72. The van der Waals surface area contributed by atoms with Crippen molar-refractivity contribution in [2.24, 2.45) is 0 Å². The van der Waals surface area contributed by atoms with E-state index in [2.05, 4.69) is 31.2 Å². The first-order valence-corrected chi connectivity index (χ1v) is 13.8. The number of carbonyl (C=O) groups is 1. The Morgan fingerprint density at radius 3 is 2.84 bits per heavy atom. The number of aromatic nitrogens is 3. The number of benzene rings is 2. The molecule has 1 saturated heterocycles. The molecule has 1 unspecified atom stereocenters. The predicted molar refractivity (Wildman–Crippen MR) is 156 cm³/mol. The van der Waals surface area contributed by atoms with Crippen molar-refractivity contribution >= 4 is 23.1 Å². The average Bonchev–Trinajstić information content (AvgIpc) is 3.56. The number of aryl methyl sites for hydroxylation is 1. The molecule has 5 N–H and O–H groups in total. The number of imidazole rings is 1. The fraction of sp³-hybridized carbons (Fsp3) is 0.333. The van der Waals surface area contributed by atoms with Gasteiger partial charge in [0.05, 0.1) is 17.5 Å². The molecule has 2 aromatic carbocycles. The van der Waals surface area contributed by atoms with Crippen molar-refractivity contribution in [1.82, 2.24) is 30.3 Å². The summed E-state index contributed by atoms with van der Waals surface area (Å²) in [5, 5.41) is 31.4. The zero-order chi connectivity index (χ0) is 30.6. The second-order valence-electron chi connectivity index (χ2n) is 10.7. The lowest BCUT2D eigenvalue weighted by Crippen LogP contribution is -2.38. The largest absolute Gasteiger partial charge is 0.476 e. The second kappa shape index (κ2) is 12.7. The SMILES string of the molecule is Cc1cc(Nc2nccn3c(-c4ccc(OCC#N)c(F)c4F)cnc23)ccc1C(=O)NCCNCC1C[C@](C)(O)CN1. The molecule has 11 nitrogen and oxygen atoms in total. The van der Waals surface area contributed by atoms with Crippen LogP contribution in [0.3, 0.4) is 0 Å². The van der Waals surface area contributed by atoms with Gasteiger partial charge in [-0.15, -0.1) is 0 Å². The van der Waals surface area contributed by atoms with E-state index >= 15 is 0 Å². The van der Waals surface area contributed by atoms with Crippen molar-refractivity contribution < 1.29 is 23.4 Å². The molecule has 0 radical (unpaired) electrons. The maximum absolute atomic E-state index is 14.9. The Morgan fingerprint density at radius 1 is 1.26 bits per heavy atom. The number of carbonyl (C=O) groups excluding carboxylic acids is 1. The van der Waals surface area contributed by atoms with E-state index in [1.807, 2.05) is 19.9 Å². The van der Waals surface area contributed by atoms with Crippen LogP contribution >= 0.6 is 0 Å². The van der Waals surface area contributed by atoms with E-state index in [-0.39, 0.29) is 23.3 Å². The zero-order valence-corrected chi connectivity index (χ0v) is 23.7. The number of amides is 1. The van der Waals surface area contributed by atoms with Crippen molar-refractivity contribution in [3.63, 3.8) is 0 Å². The summed E-state index contributed by atoms with van der Waals surface area (Å²) in [6.07, 6.45) is 5.19. The normalized spacial score (nSPS) is 18.0. The fourth-order valence-corrected chi connectivity index (χ4v) is 5.11. The molecule has 3 heterocycles. The van der Waals surface area contributed by atoms with Crippen LogP contribution in [0.1, 0.15) is 29.3 Å². The third-order valence-corrected chi connectivity index (χ3v) is 7.21. The molecule has 1 aliphatic rings. The quantitative estimate of drug-likeness (QED) is 0.166. The molecule has 0 spiro atoms. The molecule has 224 valence electrons. The third-order valence-electron chi connectivity index (χ3n) is 7.21. The number of ether oxygens (including phenoxy) is 1. The summed E-state index contributed by atoms with van der Waals surface area (Å²) >= 11 is 0. The van der Waals surface area contributed by atoms with Gasteiger partial charge in [0.25, 0.3) is 5.91 Å². The summed E-state index contributed by atoms with van der Waals surface area (Å²) < 4.78 is 36.0. The molecule has 0 aliphatic carbocycles. The van der Waals surface area contributed by atoms with Crippen molar-refractivity contribution in [2.75, 3.05) is 38.1 Å². The lowest BCUT2D eigenvalue weighted by Gasteiger charge is -2.15. The summed E-state index contributed by atoms with van der Waals surface area (Å²) in [5.74, 6) is -2.47. The predicted octanol–water partition coefficient (Wildman–Crippen LogP) is 3.06. The van der Waals surface area contributed by atoms with Gasteiger partial charge in [-0.2, -0.15) is 9.65 Å². The van der Waals surface area contributed by atoms with Crippen LogP contribution < -0.4 is 26.0 Å². The number of fused-ring (bicyclic) bond motifs is 1. The topological polar surface area (TPSA) is 149 Å². The van der Waals surface area contributed by atoms with Gasteiger partial charge in [0, 0.05) is 61.4 Å². The number of halogens is 2. The van der Waals surface area contributed by atoms with E-state index < -0.39 is 23.8 Å². The molecule has 4 aromatic rings. The van der Waals surface area contributed by atoms with Gasteiger partial charge < -0.3 is 31.1 Å². The molecular weight excluding hydrogens is 558 g/mol. The Hall–Kier alpha value is -4.64. The molecule has 1 fully saturated rings. The fourth-order valence-electron chi connectivity index (χ4n) is 5.11. The molecule has 43 heavy (non-hydrogen) atoms. The smallest absolute Gasteiger partial charge is 0.251 e. The minimum absolute atomic E-state index is 0.0313. The standard InChI is InChI=1S/C30H32F2N8O3/c1-18-13-19(3-4-21(18)29(41)36-9-8-34-15-20-14-30(2,42)17-38-20)39-27-28-37-16-23(40(28)11-10-35-27)22-5-6-24(43-12-7-33)26(32)25(22)31/h3-6,10-11,13,16,20,34,38,42H,8-9,12,14-15,17H2,1-2H3,(H,35,39)(H,36,41)/t20?,30-/m0/s1. The first kappa shape index (κ1) is 29.8. The van der Waals surface area contributed by atoms with Crippen LogP contribution in [-0.2, 0) is 0 Å². The number of β-amino-alcohol motifs (C(OH)–C–C–N with tert-alkyl or cyclic N) is 1. The van der Waals surface area contributed by atoms with E-state index in [1.54, 1.807) is 28.8 Å². The zero-order valence-electron chi connectivity index (χ0n) is 23.7. The second-order valence-corrected chi connectivity index (χ2v) is 10.7. The van der Waals surface area contributed by atoms with Gasteiger partial charge in [0.2, 0.25) is 5.82 Å². The molecule has 1 aliphatic heterocycles. The van der Waals surface area contributed by atoms with Crippen LogP contribution in [-0.4, -0.2) is 69.8 Å². The van der Waals surface area contributed by atoms with E-state index in [9.17, 15) is 18.7 Å².